The molecule has 2 saturated heterocycles. The van der Waals surface area contributed by atoms with E-state index in [1.54, 1.807) is 44.8 Å². The number of nitrogens with one attached hydrogen (secondary N) is 2. The highest BCUT2D eigenvalue weighted by molar-refractivity contribution is 8.56. The molecule has 0 bridgehead atoms. The fourth-order valence-electron chi connectivity index (χ4n) is 8.81. The number of thioether (sulfide) groups is 1. The standard InChI is InChI=1S/C47H53N3O13S4/c1-24(2)49-31-23-59-37(22-36(31)57-4)63-42-44(55)47(66-6,43(54)40-41-27(16-18-48-40)30-20-26(51)14-15-34(30)61-41)25(3)60-45(42)62-35-13-11-9-8-10-12-29-38(35)28(17-19-67(7,64)65)32(52)21-33(53)39(29)50-46(56)58-5/h8-9,14-18,20,24-25,31-32,35-37,39,42,44-45,49,51-52,55H,19,21-23H2,1-7H3,(H,50,56)/b9-8-,28-17-/t25?,31?,32-,35-,36?,37?,39?,42?,44?,45?,47?/m0/s1. The summed E-state index contributed by atoms with van der Waals surface area (Å²) < 4.78 is 41.7. The highest BCUT2D eigenvalue weighted by Gasteiger charge is 2.61. The second-order valence-corrected chi connectivity index (χ2v) is 25.1. The van der Waals surface area contributed by atoms with Crippen molar-refractivity contribution < 1.29 is 62.5 Å². The maximum Gasteiger partial charge on any atom is 0.407 e. The number of methoxy groups -OCH3 is 2. The van der Waals surface area contributed by atoms with Gasteiger partial charge in [0.2, 0.25) is 5.78 Å². The van der Waals surface area contributed by atoms with Crippen LogP contribution in [0.25, 0.3) is 21.9 Å². The number of ether oxygens (including phenoxy) is 6. The normalized spacial score (nSPS) is 31.1. The largest absolute Gasteiger partial charge is 0.508 e. The number of phenolic OH excluding ortho intramolecular Hbond substituents is 1. The summed E-state index contributed by atoms with van der Waals surface area (Å²) >= 11 is 12.2. The van der Waals surface area contributed by atoms with Crippen LogP contribution in [0, 0.1) is 23.7 Å². The average molecular weight is 996 g/mol. The predicted octanol–water partition coefficient (Wildman–Crippen LogP) is 3.54. The van der Waals surface area contributed by atoms with Crippen LogP contribution in [-0.2, 0) is 62.7 Å². The number of amides is 1. The zero-order valence-corrected chi connectivity index (χ0v) is 41.1. The molecule has 358 valence electrons. The molecule has 0 radical (unpaired) electrons. The Hall–Kier alpha value is -4.26. The molecule has 2 aliphatic carbocycles. The van der Waals surface area contributed by atoms with E-state index in [4.69, 9.17) is 55.2 Å². The molecule has 3 aromatic rings. The molecule has 16 nitrogen and oxygen atoms in total. The number of fused-ring (bicyclic) bond motifs is 3. The number of carbonyl (C=O) groups excluding carboxylic acids is 3. The Morgan fingerprint density at radius 3 is 2.60 bits per heavy atom. The first-order valence-corrected chi connectivity index (χ1v) is 26.7. The van der Waals surface area contributed by atoms with Crippen LogP contribution >= 0.6 is 11.8 Å². The lowest BCUT2D eigenvalue weighted by molar-refractivity contribution is -0.322. The molecular weight excluding hydrogens is 943 g/mol. The highest BCUT2D eigenvalue weighted by atomic mass is 33.1. The first kappa shape index (κ1) is 50.6. The number of nitrogens with zero attached hydrogens (tertiary/aromatic N) is 1. The lowest BCUT2D eigenvalue weighted by Gasteiger charge is -2.51. The van der Waals surface area contributed by atoms with Gasteiger partial charge in [-0.3, -0.25) is 9.59 Å². The minimum Gasteiger partial charge on any atom is -0.508 e. The van der Waals surface area contributed by atoms with Crippen LogP contribution in [0.2, 0.25) is 0 Å². The minimum atomic E-state index is -2.05. The molecular formula is C47H53N3O13S4. The maximum atomic E-state index is 15.3. The van der Waals surface area contributed by atoms with Crippen LogP contribution in [0.15, 0.2) is 69.8 Å². The van der Waals surface area contributed by atoms with Crippen LogP contribution in [0.3, 0.4) is 0 Å². The van der Waals surface area contributed by atoms with Gasteiger partial charge in [-0.15, -0.1) is 11.8 Å². The Morgan fingerprint density at radius 1 is 1.13 bits per heavy atom. The van der Waals surface area contributed by atoms with Crippen molar-refractivity contribution in [1.29, 1.82) is 0 Å². The van der Waals surface area contributed by atoms with Crippen molar-refractivity contribution in [3.63, 3.8) is 0 Å². The zero-order chi connectivity index (χ0) is 48.4. The number of phenols is 1. The number of furan rings is 1. The summed E-state index contributed by atoms with van der Waals surface area (Å²) in [5.74, 6) is 10.8. The van der Waals surface area contributed by atoms with E-state index >= 15 is 4.79 Å². The zero-order valence-electron chi connectivity index (χ0n) is 37.8. The quantitative estimate of drug-likeness (QED) is 0.122. The van der Waals surface area contributed by atoms with Gasteiger partial charge in [0.05, 0.1) is 38.1 Å². The van der Waals surface area contributed by atoms with Gasteiger partial charge in [-0.2, -0.15) is 0 Å². The summed E-state index contributed by atoms with van der Waals surface area (Å²) in [5.41, 5.74) is 0.815. The number of rotatable bonds is 13. The number of alkyl carbamates (subject to hydrolysis) is 1. The van der Waals surface area contributed by atoms with E-state index in [1.807, 2.05) is 13.8 Å². The number of aliphatic hydroxyl groups excluding tert-OH is 2. The molecule has 2 aromatic heterocycles. The van der Waals surface area contributed by atoms with Crippen molar-refractivity contribution >= 4 is 80.9 Å². The Kier molecular flexibility index (Phi) is 16.0. The first-order chi connectivity index (χ1) is 31.9. The molecule has 0 saturated carbocycles. The molecule has 4 aliphatic rings. The van der Waals surface area contributed by atoms with Crippen LogP contribution < -0.4 is 10.6 Å². The second kappa shape index (κ2) is 21.2. The first-order valence-electron chi connectivity index (χ1n) is 21.4. The van der Waals surface area contributed by atoms with Crippen LogP contribution in [0.4, 0.5) is 4.79 Å². The van der Waals surface area contributed by atoms with Crippen LogP contribution in [0.5, 0.6) is 5.75 Å². The van der Waals surface area contributed by atoms with E-state index in [1.165, 1.54) is 30.5 Å². The molecule has 7 rings (SSSR count). The number of ketones is 2. The number of benzene rings is 1. The van der Waals surface area contributed by atoms with Crippen molar-refractivity contribution in [3.05, 3.63) is 71.1 Å². The fraction of sp³-hybridized carbons (Fsp3) is 0.489. The summed E-state index contributed by atoms with van der Waals surface area (Å²) in [6.45, 7) is 5.79. The molecule has 1 amide bonds. The van der Waals surface area contributed by atoms with Crippen molar-refractivity contribution in [2.45, 2.75) is 106 Å². The Labute approximate surface area is 402 Å². The summed E-state index contributed by atoms with van der Waals surface area (Å²) in [6.07, 6.45) is -1.96. The van der Waals surface area contributed by atoms with E-state index in [2.05, 4.69) is 39.3 Å². The smallest absolute Gasteiger partial charge is 0.407 e. The molecule has 9 unspecified atom stereocenters. The van der Waals surface area contributed by atoms with Crippen LogP contribution in [0.1, 0.15) is 44.1 Å². The number of aromatic nitrogens is 1. The molecule has 1 aromatic carbocycles. The maximum absolute atomic E-state index is 15.3. The highest BCUT2D eigenvalue weighted by Crippen LogP contribution is 2.46. The summed E-state index contributed by atoms with van der Waals surface area (Å²) in [6, 6.07) is 4.75. The molecule has 20 heteroatoms. The Morgan fingerprint density at radius 2 is 1.90 bits per heavy atom. The van der Waals surface area contributed by atoms with Crippen LogP contribution in [-0.4, -0.2) is 149 Å². The van der Waals surface area contributed by atoms with Gasteiger partial charge in [-0.25, -0.2) is 9.78 Å². The third kappa shape index (κ3) is 10.7. The molecule has 2 fully saturated rings. The van der Waals surface area contributed by atoms with Gasteiger partial charge in [0, 0.05) is 59.9 Å². The van der Waals surface area contributed by atoms with Gasteiger partial charge in [0.15, 0.2) is 29.6 Å². The molecule has 11 atom stereocenters. The lowest BCUT2D eigenvalue weighted by atomic mass is 9.83. The van der Waals surface area contributed by atoms with Gasteiger partial charge < -0.3 is 58.8 Å². The van der Waals surface area contributed by atoms with Crippen molar-refractivity contribution in [2.75, 3.05) is 39.1 Å². The van der Waals surface area contributed by atoms with Crippen molar-refractivity contribution in [2.24, 2.45) is 0 Å². The van der Waals surface area contributed by atoms with Gasteiger partial charge in [0.1, 0.15) is 40.4 Å². The van der Waals surface area contributed by atoms with E-state index in [0.29, 0.717) is 16.4 Å². The monoisotopic (exact) mass is 995 g/mol. The minimum absolute atomic E-state index is 0.00176. The second-order valence-electron chi connectivity index (χ2n) is 16.8. The Balaban J connectivity index is 1.36. The number of aliphatic hydroxyl groups is 2. The van der Waals surface area contributed by atoms with Gasteiger partial charge in [-0.1, -0.05) is 50.8 Å². The number of aromatic hydroxyl groups is 1. The predicted molar refractivity (Wildman–Crippen MR) is 259 cm³/mol. The SMILES string of the molecule is COC(=O)NC1C(=O)C[C@H](O)/C(=C/CS(C)(=S)=S)C2=C1C#C/C=C\C#C[C@@H]2OC1OC(C)C(SC)(C(=O)c2nccc3c2oc2ccc(O)cc23)C(O)C1OC1CC(OC)C(NC(C)C)CO1. The fourth-order valence-corrected chi connectivity index (χ4v) is 10.7. The number of Topliss-reactive ketones (excluding diaryl/α,β-unsaturated/α-hetero) is 2. The summed E-state index contributed by atoms with van der Waals surface area (Å²) in [7, 11) is 0.680. The van der Waals surface area contributed by atoms with Gasteiger partial charge in [0.25, 0.3) is 0 Å². The molecule has 2 aliphatic heterocycles. The summed E-state index contributed by atoms with van der Waals surface area (Å²) in [4.78, 5) is 46.5. The summed E-state index contributed by atoms with van der Waals surface area (Å²) in [5, 5.41) is 42.2. The molecule has 0 spiro atoms. The third-order valence-corrected chi connectivity index (χ3v) is 15.0. The Bertz CT molecular complexity index is 2750. The third-order valence-electron chi connectivity index (χ3n) is 12.0. The number of pyridine rings is 1. The van der Waals surface area contributed by atoms with E-state index in [0.717, 1.165) is 18.9 Å². The lowest BCUT2D eigenvalue weighted by Crippen LogP contribution is -2.68. The number of hydrogen-bond donors (Lipinski definition) is 5. The van der Waals surface area contributed by atoms with Gasteiger partial charge >= 0.3 is 6.09 Å². The van der Waals surface area contributed by atoms with Gasteiger partial charge in [-0.05, 0) is 83.8 Å². The average Bonchev–Trinajstić information content (AvgIpc) is 3.65. The number of hydrogen-bond acceptors (Lipinski definition) is 18. The van der Waals surface area contributed by atoms with E-state index in [-0.39, 0.29) is 70.7 Å². The van der Waals surface area contributed by atoms with E-state index in [9.17, 15) is 24.9 Å². The molecule has 67 heavy (non-hydrogen) atoms. The number of allylic oxidation sites excluding steroid dienone is 2. The molecule has 5 N–H and O–H groups in total. The molecule has 4 heterocycles. The van der Waals surface area contributed by atoms with E-state index < -0.39 is 85.1 Å². The van der Waals surface area contributed by atoms with Crippen molar-refractivity contribution in [1.82, 2.24) is 15.6 Å². The van der Waals surface area contributed by atoms with Crippen molar-refractivity contribution in [3.8, 4) is 29.4 Å². The topological polar surface area (TPSA) is 217 Å². The number of carbonyl (C=O) groups is 3.